The van der Waals surface area contributed by atoms with E-state index in [4.69, 9.17) is 33.4 Å². The van der Waals surface area contributed by atoms with Crippen molar-refractivity contribution in [3.05, 3.63) is 35.9 Å². The zero-order valence-corrected chi connectivity index (χ0v) is 56.0. The van der Waals surface area contributed by atoms with Crippen LogP contribution in [-0.4, -0.2) is 196 Å². The summed E-state index contributed by atoms with van der Waals surface area (Å²) in [6.07, 6.45) is -4.86. The second kappa shape index (κ2) is 43.6. The Bertz CT molecular complexity index is 2940. The second-order valence-corrected chi connectivity index (χ2v) is 24.1. The van der Waals surface area contributed by atoms with Gasteiger partial charge in [0.15, 0.2) is 11.9 Å². The molecule has 0 aromatic heterocycles. The summed E-state index contributed by atoms with van der Waals surface area (Å²) >= 11 is 0. The lowest BCUT2D eigenvalue weighted by atomic mass is 10.0. The average Bonchev–Trinajstić information content (AvgIpc) is 1.03. The molecule has 0 aliphatic rings. The summed E-state index contributed by atoms with van der Waals surface area (Å²) in [5.41, 5.74) is 28.2. The van der Waals surface area contributed by atoms with Crippen molar-refractivity contribution in [2.75, 3.05) is 13.1 Å². The Morgan fingerprint density at radius 3 is 1.20 bits per heavy atom. The molecule has 0 bridgehead atoms. The molecule has 1 aromatic rings. The highest BCUT2D eigenvalue weighted by atomic mass is 16.5. The van der Waals surface area contributed by atoms with E-state index < -0.39 is 193 Å². The normalized spacial score (nSPS) is 14.4. The third-order valence-electron chi connectivity index (χ3n) is 14.1. The number of aliphatic carboxylic acids is 3. The van der Waals surface area contributed by atoms with E-state index in [1.165, 1.54) is 27.7 Å². The maximum absolute atomic E-state index is 14.4. The number of carbonyl (C=O) groups excluding carboxylic acids is 12. The number of rotatable bonds is 45. The quantitative estimate of drug-likeness (QED) is 0.0167. The number of carboxylic acid groups (broad SMARTS) is 3. The molecule has 97 heavy (non-hydrogen) atoms. The summed E-state index contributed by atoms with van der Waals surface area (Å²) < 4.78 is 5.22. The van der Waals surface area contributed by atoms with Crippen LogP contribution >= 0.6 is 0 Å². The van der Waals surface area contributed by atoms with E-state index in [9.17, 15) is 87.2 Å². The lowest BCUT2D eigenvalue weighted by Crippen LogP contribution is -2.61. The molecule has 542 valence electrons. The van der Waals surface area contributed by atoms with Crippen molar-refractivity contribution in [2.24, 2.45) is 56.4 Å². The molecule has 37 heteroatoms. The number of hydrogen-bond acceptors (Lipinski definition) is 18. The van der Waals surface area contributed by atoms with Gasteiger partial charge in [0.2, 0.25) is 65.0 Å². The lowest BCUT2D eigenvalue weighted by molar-refractivity contribution is -0.143. The van der Waals surface area contributed by atoms with Crippen LogP contribution in [0.3, 0.4) is 0 Å². The fourth-order valence-electron chi connectivity index (χ4n) is 8.94. The number of hydrogen-bond donors (Lipinski definition) is 19. The maximum Gasteiger partial charge on any atom is 0.408 e. The predicted molar refractivity (Wildman–Crippen MR) is 349 cm³/mol. The molecular formula is C60H98N18O19. The number of aliphatic imine (C=N–C) groups is 2. The van der Waals surface area contributed by atoms with Gasteiger partial charge in [-0.3, -0.25) is 72.3 Å². The van der Waals surface area contributed by atoms with Crippen LogP contribution in [0.15, 0.2) is 40.3 Å². The number of benzene rings is 1. The van der Waals surface area contributed by atoms with Crippen LogP contribution in [0.2, 0.25) is 0 Å². The molecule has 0 aliphatic carbocycles. The molecule has 37 nitrogen and oxygen atoms in total. The molecule has 0 saturated carbocycles. The van der Waals surface area contributed by atoms with Gasteiger partial charge in [-0.25, -0.2) is 9.59 Å². The number of nitrogens with one attached hydrogen (secondary N) is 11. The van der Waals surface area contributed by atoms with Gasteiger partial charge in [0.25, 0.3) is 0 Å². The molecule has 11 atom stereocenters. The summed E-state index contributed by atoms with van der Waals surface area (Å²) in [5.74, 6) is -17.5. The van der Waals surface area contributed by atoms with Crippen molar-refractivity contribution in [3.8, 4) is 0 Å². The Morgan fingerprint density at radius 1 is 0.412 bits per heavy atom. The number of amides is 12. The van der Waals surface area contributed by atoms with E-state index in [0.29, 0.717) is 5.56 Å². The molecular weight excluding hydrogens is 1280 g/mol. The maximum atomic E-state index is 14.4. The van der Waals surface area contributed by atoms with Gasteiger partial charge in [0, 0.05) is 25.9 Å². The Kier molecular flexibility index (Phi) is 38.0. The van der Waals surface area contributed by atoms with Crippen LogP contribution in [0, 0.1) is 17.8 Å². The van der Waals surface area contributed by atoms with Gasteiger partial charge in [-0.15, -0.1) is 0 Å². The standard InChI is InChI=1S/C60H98N18O19/c1-29(2)25-40(75-48(85)34(9)70-60(96)97-28-35-15-11-10-12-16-35)55(92)72-37(18-14-24-67-59(64)65)51(88)71-36(17-13-23-66-58(62)63)52(89)73-38(19-21-43(61)79)53(90)74-39(20-22-44(80)81)50(87)68-33(8)49(86)78-46(31(5)6)56(93)76-41(27-45(82)83)54(91)69-32(7)47(84)77-42(57(94)95)26-30(3)4/h10-12,15-16,29-34,36-42,46H,13-14,17-28H2,1-9H3,(H2,61,79)(H,68,87)(H,69,91)(H,70,96)(H,71,88)(H,72,92)(H,73,89)(H,74,90)(H,75,85)(H,76,93)(H,77,84)(H,78,86)(H,80,81)(H,82,83)(H,94,95)(H4,62,63,66)(H4,64,65,67)/t32-,33-,34-,36-,37-,38-,39-,40-,41-,42-,46-/m0/s1. The number of carboxylic acids is 3. The van der Waals surface area contributed by atoms with E-state index in [1.54, 1.807) is 58.0 Å². The molecule has 12 amide bonds. The topological polar surface area (TPSA) is 613 Å². The van der Waals surface area contributed by atoms with E-state index >= 15 is 0 Å². The summed E-state index contributed by atoms with van der Waals surface area (Å²) in [6.45, 7) is 13.3. The molecule has 0 saturated heterocycles. The lowest BCUT2D eigenvalue weighted by Gasteiger charge is -2.28. The number of carbonyl (C=O) groups is 15. The first kappa shape index (κ1) is 84.6. The van der Waals surface area contributed by atoms with Gasteiger partial charge in [-0.2, -0.15) is 0 Å². The second-order valence-electron chi connectivity index (χ2n) is 24.1. The monoisotopic (exact) mass is 1370 g/mol. The van der Waals surface area contributed by atoms with Crippen LogP contribution in [0.5, 0.6) is 0 Å². The van der Waals surface area contributed by atoms with Crippen LogP contribution in [0.1, 0.15) is 139 Å². The number of alkyl carbamates (subject to hydrolysis) is 1. The van der Waals surface area contributed by atoms with Crippen molar-refractivity contribution < 1.29 is 92.0 Å². The molecule has 24 N–H and O–H groups in total. The van der Waals surface area contributed by atoms with Crippen LogP contribution < -0.4 is 87.2 Å². The van der Waals surface area contributed by atoms with E-state index in [1.807, 2.05) is 0 Å². The molecule has 0 unspecified atom stereocenters. The Hall–Kier alpha value is -10.4. The molecule has 0 aliphatic heterocycles. The molecule has 0 radical (unpaired) electrons. The molecule has 1 rings (SSSR count). The summed E-state index contributed by atoms with van der Waals surface area (Å²) in [5, 5.41) is 55.2. The average molecular weight is 1380 g/mol. The first-order chi connectivity index (χ1) is 45.3. The fourth-order valence-corrected chi connectivity index (χ4v) is 8.94. The van der Waals surface area contributed by atoms with Gasteiger partial charge in [-0.1, -0.05) is 71.9 Å². The summed E-state index contributed by atoms with van der Waals surface area (Å²) in [7, 11) is 0. The van der Waals surface area contributed by atoms with Crippen molar-refractivity contribution in [1.82, 2.24) is 58.5 Å². The van der Waals surface area contributed by atoms with E-state index in [-0.39, 0.29) is 82.0 Å². The minimum absolute atomic E-state index is 0.0167. The van der Waals surface area contributed by atoms with E-state index in [2.05, 4.69) is 68.5 Å². The molecule has 0 spiro atoms. The fraction of sp³-hybridized carbons (Fsp3) is 0.617. The SMILES string of the molecule is CC(C)C[C@H](NC(=O)[C@H](C)NC(=O)[C@H](CC(=O)O)NC(=O)[C@@H](NC(=O)[C@H](C)NC(=O)[C@H](CCC(=O)O)NC(=O)[C@H](CCC(N)=O)NC(=O)[C@H](CCCN=C(N)N)NC(=O)[C@H](CCCN=C(N)N)NC(=O)[C@H](CC(C)C)NC(=O)[C@H](C)NC(=O)OCc1ccccc1)C(C)C)C(=O)O. The zero-order valence-electron chi connectivity index (χ0n) is 56.0. The Morgan fingerprint density at radius 2 is 0.784 bits per heavy atom. The number of guanidine groups is 2. The first-order valence-electron chi connectivity index (χ1n) is 31.4. The third-order valence-corrected chi connectivity index (χ3v) is 14.1. The molecule has 0 heterocycles. The smallest absolute Gasteiger partial charge is 0.408 e. The third kappa shape index (κ3) is 35.1. The minimum Gasteiger partial charge on any atom is -0.481 e. The van der Waals surface area contributed by atoms with Gasteiger partial charge >= 0.3 is 24.0 Å². The number of ether oxygens (including phenoxy) is 1. The number of nitrogens with zero attached hydrogens (tertiary/aromatic N) is 2. The Labute approximate surface area is 561 Å². The number of nitrogens with two attached hydrogens (primary N) is 5. The van der Waals surface area contributed by atoms with Gasteiger partial charge in [-0.05, 0) is 95.5 Å². The van der Waals surface area contributed by atoms with Gasteiger partial charge in [0.1, 0.15) is 73.1 Å². The van der Waals surface area contributed by atoms with Crippen molar-refractivity contribution in [3.63, 3.8) is 0 Å². The van der Waals surface area contributed by atoms with Crippen LogP contribution in [0.25, 0.3) is 0 Å². The Balaban J connectivity index is 3.56. The van der Waals surface area contributed by atoms with Gasteiger partial charge in [0.05, 0.1) is 6.42 Å². The summed E-state index contributed by atoms with van der Waals surface area (Å²) in [4.78, 5) is 206. The zero-order chi connectivity index (χ0) is 73.8. The van der Waals surface area contributed by atoms with Crippen molar-refractivity contribution in [2.45, 2.75) is 206 Å². The largest absolute Gasteiger partial charge is 0.481 e. The number of primary amides is 1. The minimum atomic E-state index is -1.86. The highest BCUT2D eigenvalue weighted by Gasteiger charge is 2.37. The van der Waals surface area contributed by atoms with Crippen molar-refractivity contribution in [1.29, 1.82) is 0 Å². The molecule has 1 aromatic carbocycles. The highest BCUT2D eigenvalue weighted by molar-refractivity contribution is 6.00. The predicted octanol–water partition coefficient (Wildman–Crippen LogP) is -4.27. The van der Waals surface area contributed by atoms with Gasteiger partial charge < -0.3 is 107 Å². The highest BCUT2D eigenvalue weighted by Crippen LogP contribution is 2.13. The van der Waals surface area contributed by atoms with Crippen LogP contribution in [-0.2, 0) is 78.5 Å². The first-order valence-corrected chi connectivity index (χ1v) is 31.4. The van der Waals surface area contributed by atoms with Crippen LogP contribution in [0.4, 0.5) is 4.79 Å². The van der Waals surface area contributed by atoms with E-state index in [0.717, 1.165) is 6.92 Å². The van der Waals surface area contributed by atoms with Crippen molar-refractivity contribution >= 4 is 101 Å². The summed E-state index contributed by atoms with van der Waals surface area (Å²) in [6, 6.07) is -8.27. The molecule has 0 fully saturated rings.